The van der Waals surface area contributed by atoms with Crippen LogP contribution >= 0.6 is 11.6 Å². The quantitative estimate of drug-likeness (QED) is 0.698. The number of hydrogen-bond acceptors (Lipinski definition) is 4. The molecule has 4 nitrogen and oxygen atoms in total. The molecule has 2 aliphatic rings. The second-order valence-corrected chi connectivity index (χ2v) is 11.1. The highest BCUT2D eigenvalue weighted by Gasteiger charge is 2.73. The van der Waals surface area contributed by atoms with E-state index in [-0.39, 0.29) is 10.8 Å². The third kappa shape index (κ3) is 3.30. The van der Waals surface area contributed by atoms with Gasteiger partial charge < -0.3 is 10.0 Å². The van der Waals surface area contributed by atoms with Gasteiger partial charge in [-0.05, 0) is 23.1 Å². The van der Waals surface area contributed by atoms with Gasteiger partial charge in [-0.3, -0.25) is 9.88 Å². The number of hydrogen-bond donors (Lipinski definition) is 1. The summed E-state index contributed by atoms with van der Waals surface area (Å²) in [7, 11) is 0. The zero-order valence-corrected chi connectivity index (χ0v) is 20.4. The van der Waals surface area contributed by atoms with Crippen LogP contribution in [0.2, 0.25) is 5.02 Å². The second kappa shape index (κ2) is 7.75. The fourth-order valence-corrected chi connectivity index (χ4v) is 6.86. The van der Waals surface area contributed by atoms with Gasteiger partial charge in [0.1, 0.15) is 5.60 Å². The fraction of sp³-hybridized carbons (Fsp3) is 0.577. The number of halogens is 1. The Balaban J connectivity index is 1.54. The van der Waals surface area contributed by atoms with Crippen molar-refractivity contribution in [3.05, 3.63) is 58.9 Å². The summed E-state index contributed by atoms with van der Waals surface area (Å²) in [4.78, 5) is 9.13. The van der Waals surface area contributed by atoms with E-state index in [1.54, 1.807) is 6.20 Å². The van der Waals surface area contributed by atoms with Gasteiger partial charge in [0.15, 0.2) is 0 Å². The predicted molar refractivity (Wildman–Crippen MR) is 129 cm³/mol. The molecule has 1 saturated carbocycles. The van der Waals surface area contributed by atoms with Crippen LogP contribution in [0.25, 0.3) is 0 Å². The number of anilines is 1. The molecule has 2 aromatic rings. The Kier molecular flexibility index (Phi) is 5.65. The molecule has 1 N–H and O–H groups in total. The lowest BCUT2D eigenvalue weighted by Gasteiger charge is -2.72. The van der Waals surface area contributed by atoms with Crippen LogP contribution in [0.5, 0.6) is 0 Å². The normalized spacial score (nSPS) is 27.9. The van der Waals surface area contributed by atoms with Crippen molar-refractivity contribution in [2.75, 3.05) is 31.1 Å². The highest BCUT2D eigenvalue weighted by atomic mass is 35.5. The van der Waals surface area contributed by atoms with Crippen molar-refractivity contribution >= 4 is 17.3 Å². The van der Waals surface area contributed by atoms with Crippen molar-refractivity contribution in [3.63, 3.8) is 0 Å². The van der Waals surface area contributed by atoms with Gasteiger partial charge in [-0.2, -0.15) is 0 Å². The molecular weight excluding hydrogens is 406 g/mol. The molecule has 0 spiro atoms. The van der Waals surface area contributed by atoms with E-state index in [1.807, 2.05) is 12.3 Å². The van der Waals surface area contributed by atoms with Gasteiger partial charge in [0.2, 0.25) is 0 Å². The summed E-state index contributed by atoms with van der Waals surface area (Å²) in [6, 6.07) is 10.8. The van der Waals surface area contributed by atoms with Gasteiger partial charge in [-0.25, -0.2) is 0 Å². The third-order valence-corrected chi connectivity index (χ3v) is 8.32. The molecule has 1 aromatic heterocycles. The largest absolute Gasteiger partial charge is 0.384 e. The molecule has 31 heavy (non-hydrogen) atoms. The number of rotatable bonds is 4. The second-order valence-electron chi connectivity index (χ2n) is 10.7. The Morgan fingerprint density at radius 3 is 2.06 bits per heavy atom. The first-order valence-electron chi connectivity index (χ1n) is 11.4. The van der Waals surface area contributed by atoms with Gasteiger partial charge in [0.25, 0.3) is 0 Å². The average Bonchev–Trinajstić information content (AvgIpc) is 2.73. The van der Waals surface area contributed by atoms with Crippen molar-refractivity contribution in [2.24, 2.45) is 10.8 Å². The first-order valence-corrected chi connectivity index (χ1v) is 11.8. The van der Waals surface area contributed by atoms with E-state index < -0.39 is 5.60 Å². The Morgan fingerprint density at radius 1 is 0.968 bits per heavy atom. The lowest BCUT2D eigenvalue weighted by atomic mass is 9.39. The van der Waals surface area contributed by atoms with Crippen molar-refractivity contribution in [1.82, 2.24) is 9.88 Å². The standard InChI is InChI=1S/C26H36ClN3O/c1-18(2)19-7-9-20(10-8-19)26(31)24(3,4)23(25(26,5)6)30-15-13-29(14-16-30)22-17-28-12-11-21(22)27/h7-12,17-18,23,31H,13-16H2,1-6H3. The fourth-order valence-electron chi connectivity index (χ4n) is 6.64. The topological polar surface area (TPSA) is 39.6 Å². The van der Waals surface area contributed by atoms with Crippen LogP contribution in [-0.4, -0.2) is 47.2 Å². The molecule has 2 heterocycles. The minimum atomic E-state index is -0.871. The van der Waals surface area contributed by atoms with Crippen LogP contribution in [0, 0.1) is 10.8 Å². The van der Waals surface area contributed by atoms with Crippen LogP contribution in [-0.2, 0) is 5.60 Å². The van der Waals surface area contributed by atoms with E-state index in [4.69, 9.17) is 11.6 Å². The van der Waals surface area contributed by atoms with E-state index in [1.165, 1.54) is 5.56 Å². The maximum atomic E-state index is 12.1. The van der Waals surface area contributed by atoms with Crippen LogP contribution in [0.15, 0.2) is 42.7 Å². The zero-order chi connectivity index (χ0) is 22.6. The lowest BCUT2D eigenvalue weighted by Crippen LogP contribution is -2.79. The first-order chi connectivity index (χ1) is 14.5. The number of aliphatic hydroxyl groups is 1. The molecular formula is C26H36ClN3O. The lowest BCUT2D eigenvalue weighted by molar-refractivity contribution is -0.307. The monoisotopic (exact) mass is 441 g/mol. The van der Waals surface area contributed by atoms with E-state index in [2.05, 4.69) is 80.6 Å². The van der Waals surface area contributed by atoms with Crippen molar-refractivity contribution in [1.29, 1.82) is 0 Å². The summed E-state index contributed by atoms with van der Waals surface area (Å²) in [6.07, 6.45) is 3.59. The van der Waals surface area contributed by atoms with Crippen LogP contribution in [0.4, 0.5) is 5.69 Å². The SMILES string of the molecule is CC(C)c1ccc(C2(O)C(C)(C)C(N3CCN(c4cnccc4Cl)CC3)C2(C)C)cc1. The number of piperazine rings is 1. The zero-order valence-electron chi connectivity index (χ0n) is 19.7. The minimum Gasteiger partial charge on any atom is -0.384 e. The summed E-state index contributed by atoms with van der Waals surface area (Å²) in [5, 5.41) is 12.8. The van der Waals surface area contributed by atoms with E-state index in [9.17, 15) is 5.11 Å². The first kappa shape index (κ1) is 22.6. The molecule has 0 radical (unpaired) electrons. The number of nitrogens with zero attached hydrogens (tertiary/aromatic N) is 3. The molecule has 0 amide bonds. The smallest absolute Gasteiger partial charge is 0.103 e. The maximum Gasteiger partial charge on any atom is 0.103 e. The summed E-state index contributed by atoms with van der Waals surface area (Å²) >= 11 is 6.39. The molecule has 1 aliphatic carbocycles. The van der Waals surface area contributed by atoms with E-state index in [0.29, 0.717) is 12.0 Å². The summed E-state index contributed by atoms with van der Waals surface area (Å²) in [6.45, 7) is 17.0. The van der Waals surface area contributed by atoms with E-state index in [0.717, 1.165) is 42.5 Å². The molecule has 0 bridgehead atoms. The Labute approximate surface area is 192 Å². The number of benzene rings is 1. The Morgan fingerprint density at radius 2 is 1.55 bits per heavy atom. The predicted octanol–water partition coefficient (Wildman–Crippen LogP) is 5.30. The summed E-state index contributed by atoms with van der Waals surface area (Å²) in [5.74, 6) is 0.489. The highest BCUT2D eigenvalue weighted by Crippen LogP contribution is 2.68. The molecule has 2 fully saturated rings. The molecule has 1 aromatic carbocycles. The maximum absolute atomic E-state index is 12.1. The van der Waals surface area contributed by atoms with E-state index >= 15 is 0 Å². The van der Waals surface area contributed by atoms with Gasteiger partial charge in [-0.15, -0.1) is 0 Å². The third-order valence-electron chi connectivity index (χ3n) is 8.00. The summed E-state index contributed by atoms with van der Waals surface area (Å²) < 4.78 is 0. The molecule has 168 valence electrons. The van der Waals surface area contributed by atoms with Gasteiger partial charge >= 0.3 is 0 Å². The molecule has 5 heteroatoms. The molecule has 1 saturated heterocycles. The Bertz CT molecular complexity index is 914. The molecule has 0 atom stereocenters. The van der Waals surface area contributed by atoms with Gasteiger partial charge in [-0.1, -0.05) is 77.4 Å². The van der Waals surface area contributed by atoms with Crippen molar-refractivity contribution in [2.45, 2.75) is 59.1 Å². The molecule has 4 rings (SSSR count). The number of aromatic nitrogens is 1. The molecule has 1 aliphatic heterocycles. The number of pyridine rings is 1. The van der Waals surface area contributed by atoms with Crippen molar-refractivity contribution < 1.29 is 5.11 Å². The van der Waals surface area contributed by atoms with Crippen LogP contribution in [0.1, 0.15) is 58.6 Å². The Hall–Kier alpha value is -1.62. The highest BCUT2D eigenvalue weighted by molar-refractivity contribution is 6.33. The molecule has 0 unspecified atom stereocenters. The van der Waals surface area contributed by atoms with Crippen LogP contribution in [0.3, 0.4) is 0 Å². The average molecular weight is 442 g/mol. The summed E-state index contributed by atoms with van der Waals surface area (Å²) in [5.41, 5.74) is 1.96. The minimum absolute atomic E-state index is 0.260. The van der Waals surface area contributed by atoms with Crippen LogP contribution < -0.4 is 4.90 Å². The van der Waals surface area contributed by atoms with Gasteiger partial charge in [0, 0.05) is 49.2 Å². The van der Waals surface area contributed by atoms with Crippen molar-refractivity contribution in [3.8, 4) is 0 Å². The van der Waals surface area contributed by atoms with Gasteiger partial charge in [0.05, 0.1) is 16.9 Å².